The zero-order valence-corrected chi connectivity index (χ0v) is 42.0. The number of pyridine rings is 2. The number of nitrogens with zero attached hydrogens (tertiary/aromatic N) is 6. The lowest BCUT2D eigenvalue weighted by molar-refractivity contribution is -0.0227. The first-order valence-corrected chi connectivity index (χ1v) is 27.8. The molecule has 13 nitrogen and oxygen atoms in total. The van der Waals surface area contributed by atoms with Crippen molar-refractivity contribution in [3.8, 4) is 0 Å². The van der Waals surface area contributed by atoms with Crippen molar-refractivity contribution in [1.29, 1.82) is 0 Å². The topological polar surface area (TPSA) is 160 Å². The van der Waals surface area contributed by atoms with E-state index in [-0.39, 0.29) is 27.9 Å². The number of sulfonamides is 1. The van der Waals surface area contributed by atoms with Gasteiger partial charge < -0.3 is 20.2 Å². The molecular weight excluding hydrogens is 897 g/mol. The molecule has 1 atom stereocenters. The quantitative estimate of drug-likeness (QED) is 0.116. The predicted molar refractivity (Wildman–Crippen MR) is 277 cm³/mol. The average molecular weight is 967 g/mol. The second kappa shape index (κ2) is 18.8. The molecule has 70 heavy (non-hydrogen) atoms. The van der Waals surface area contributed by atoms with Crippen LogP contribution in [0.5, 0.6) is 0 Å². The molecule has 4 aromatic rings. The Kier molecular flexibility index (Phi) is 12.6. The van der Waals surface area contributed by atoms with Crippen LogP contribution in [0.15, 0.2) is 76.9 Å². The van der Waals surface area contributed by atoms with Crippen LogP contribution in [0, 0.1) is 22.2 Å². The molecule has 1 unspecified atom stereocenters. The van der Waals surface area contributed by atoms with E-state index in [0.717, 1.165) is 105 Å². The van der Waals surface area contributed by atoms with Gasteiger partial charge in [-0.05, 0) is 179 Å². The van der Waals surface area contributed by atoms with Crippen molar-refractivity contribution in [2.45, 2.75) is 151 Å². The van der Waals surface area contributed by atoms with Gasteiger partial charge in [-0.2, -0.15) is 0 Å². The highest BCUT2D eigenvalue weighted by Gasteiger charge is 2.50. The van der Waals surface area contributed by atoms with Crippen LogP contribution in [0.4, 0.5) is 28.6 Å². The molecule has 1 amide bonds. The lowest BCUT2D eigenvalue weighted by Gasteiger charge is -2.56. The average Bonchev–Trinajstić information content (AvgIpc) is 4.03. The van der Waals surface area contributed by atoms with Crippen molar-refractivity contribution in [2.24, 2.45) is 22.4 Å². The second-order valence-corrected chi connectivity index (χ2v) is 24.4. The highest BCUT2D eigenvalue weighted by Crippen LogP contribution is 2.55. The highest BCUT2D eigenvalue weighted by atomic mass is 32.2. The molecule has 2 saturated heterocycles. The Morgan fingerprint density at radius 3 is 2.47 bits per heavy atom. The van der Waals surface area contributed by atoms with Gasteiger partial charge in [-0.25, -0.2) is 18.1 Å². The number of rotatable bonds is 12. The number of hydrogen-bond acceptors (Lipinski definition) is 12. The van der Waals surface area contributed by atoms with E-state index in [4.69, 9.17) is 4.98 Å². The molecule has 370 valence electrons. The van der Waals surface area contributed by atoms with Gasteiger partial charge in [0.1, 0.15) is 4.90 Å². The number of hydrogen-bond donors (Lipinski definition) is 3. The first-order valence-electron chi connectivity index (χ1n) is 26.3. The largest absolute Gasteiger partial charge is 0.390 e. The molecule has 3 saturated carbocycles. The molecule has 3 N–H and O–H groups in total. The van der Waals surface area contributed by atoms with Crippen LogP contribution < -0.4 is 19.8 Å². The third-order valence-corrected chi connectivity index (χ3v) is 19.0. The molecule has 4 aliphatic heterocycles. The van der Waals surface area contributed by atoms with E-state index in [1.54, 1.807) is 6.07 Å². The van der Waals surface area contributed by atoms with Crippen LogP contribution in [0.1, 0.15) is 167 Å². The van der Waals surface area contributed by atoms with E-state index in [0.29, 0.717) is 66.9 Å². The Morgan fingerprint density at radius 1 is 0.929 bits per heavy atom. The standard InChI is InChI=1S/C56H70N8O5S/c1-36(2)44-11-4-5-12-45(44)49-14-8-23-63(49)42-32-56(33-42)21-25-62(26-22-56)41-15-16-46(50(30-41)64-24-7-9-38-27-40(28-38)52-51(64)29-39-10-6-13-47(39)59-52)54(65)61-70(68,69)43-31-48(60-67)53(58-35-43)57-34-37-17-19-55(3,66)20-18-37/h4-6,10-12,15-16,29-31,35-38,40,42,49,66H,7-9,13-14,17-28,32-34H2,1-3H3,(H,57,58)(H,61,65). The number of piperidine rings is 1. The predicted octanol–water partition coefficient (Wildman–Crippen LogP) is 11.1. The number of likely N-dealkylation sites (tertiary alicyclic amines) is 1. The normalized spacial score (nSPS) is 26.4. The monoisotopic (exact) mass is 967 g/mol. The van der Waals surface area contributed by atoms with Crippen molar-refractivity contribution >= 4 is 50.6 Å². The third kappa shape index (κ3) is 9.17. The molecule has 2 aromatic heterocycles. The molecule has 6 heterocycles. The lowest BCUT2D eigenvalue weighted by Crippen LogP contribution is -2.55. The van der Waals surface area contributed by atoms with Crippen molar-refractivity contribution in [3.05, 3.63) is 105 Å². The Morgan fingerprint density at radius 2 is 1.70 bits per heavy atom. The van der Waals surface area contributed by atoms with Crippen LogP contribution in [0.2, 0.25) is 0 Å². The van der Waals surface area contributed by atoms with Crippen LogP contribution in [-0.2, 0) is 16.4 Å². The van der Waals surface area contributed by atoms with E-state index < -0.39 is 21.5 Å². The number of carbonyl (C=O) groups is 1. The zero-order chi connectivity index (χ0) is 48.4. The summed E-state index contributed by atoms with van der Waals surface area (Å²) >= 11 is 0. The molecule has 2 aromatic carbocycles. The minimum atomic E-state index is -4.49. The number of fused-ring (bicyclic) bond motifs is 4. The zero-order valence-electron chi connectivity index (χ0n) is 41.2. The molecule has 12 rings (SSSR count). The van der Waals surface area contributed by atoms with Gasteiger partial charge in [-0.1, -0.05) is 50.3 Å². The second-order valence-electron chi connectivity index (χ2n) is 22.7. The summed E-state index contributed by atoms with van der Waals surface area (Å²) in [7, 11) is -4.49. The van der Waals surface area contributed by atoms with Gasteiger partial charge in [-0.15, -0.1) is 4.91 Å². The Balaban J connectivity index is 0.849. The number of aliphatic hydroxyl groups is 1. The molecule has 1 spiro atoms. The van der Waals surface area contributed by atoms with E-state index in [1.807, 2.05) is 13.0 Å². The van der Waals surface area contributed by atoms with E-state index in [2.05, 4.69) is 97.3 Å². The molecule has 8 aliphatic rings. The third-order valence-electron chi connectivity index (χ3n) is 17.7. The van der Waals surface area contributed by atoms with Crippen LogP contribution >= 0.6 is 0 Å². The van der Waals surface area contributed by atoms with Gasteiger partial charge in [0.2, 0.25) is 0 Å². The molecular formula is C56H70N8O5S. The minimum absolute atomic E-state index is 0.155. The number of nitrogens with one attached hydrogen (secondary N) is 2. The maximum atomic E-state index is 14.7. The van der Waals surface area contributed by atoms with Gasteiger partial charge in [0, 0.05) is 62.5 Å². The summed E-state index contributed by atoms with van der Waals surface area (Å²) in [6.45, 7) is 10.7. The van der Waals surface area contributed by atoms with Gasteiger partial charge >= 0.3 is 0 Å². The van der Waals surface area contributed by atoms with Gasteiger partial charge in [0.25, 0.3) is 15.9 Å². The van der Waals surface area contributed by atoms with E-state index in [9.17, 15) is 23.2 Å². The summed E-state index contributed by atoms with van der Waals surface area (Å²) in [4.78, 5) is 43.6. The number of anilines is 4. The fourth-order valence-electron chi connectivity index (χ4n) is 13.4. The summed E-state index contributed by atoms with van der Waals surface area (Å²) in [6, 6.07) is 19.5. The first-order chi connectivity index (χ1) is 33.7. The minimum Gasteiger partial charge on any atom is -0.390 e. The summed E-state index contributed by atoms with van der Waals surface area (Å²) < 4.78 is 30.6. The van der Waals surface area contributed by atoms with E-state index >= 15 is 0 Å². The van der Waals surface area contributed by atoms with E-state index in [1.165, 1.54) is 49.4 Å². The van der Waals surface area contributed by atoms with Gasteiger partial charge in [0.05, 0.1) is 33.9 Å². The smallest absolute Gasteiger partial charge is 0.267 e. The lowest BCUT2D eigenvalue weighted by atomic mass is 9.59. The van der Waals surface area contributed by atoms with Crippen molar-refractivity contribution < 1.29 is 18.3 Å². The maximum absolute atomic E-state index is 14.7. The van der Waals surface area contributed by atoms with Gasteiger partial charge in [-0.3, -0.25) is 14.7 Å². The maximum Gasteiger partial charge on any atom is 0.267 e. The van der Waals surface area contributed by atoms with Crippen LogP contribution in [0.3, 0.4) is 0 Å². The summed E-state index contributed by atoms with van der Waals surface area (Å²) in [6.07, 6.45) is 20.7. The molecule has 2 bridgehead atoms. The molecule has 0 radical (unpaired) electrons. The van der Waals surface area contributed by atoms with Crippen molar-refractivity contribution in [2.75, 3.05) is 47.8 Å². The number of amides is 1. The number of carbonyl (C=O) groups excluding carboxylic acids is 1. The highest BCUT2D eigenvalue weighted by molar-refractivity contribution is 7.90. The number of benzene rings is 2. The van der Waals surface area contributed by atoms with Crippen molar-refractivity contribution in [1.82, 2.24) is 19.6 Å². The summed E-state index contributed by atoms with van der Waals surface area (Å²) in [5.74, 6) is 1.18. The Hall–Kier alpha value is -5.18. The van der Waals surface area contributed by atoms with Gasteiger partial charge in [0.15, 0.2) is 11.5 Å². The Labute approximate surface area is 414 Å². The summed E-state index contributed by atoms with van der Waals surface area (Å²) in [5, 5.41) is 16.7. The number of nitroso groups, excluding NO2 is 1. The molecule has 14 heteroatoms. The molecule has 5 fully saturated rings. The van der Waals surface area contributed by atoms with Crippen LogP contribution in [-0.4, -0.2) is 78.7 Å². The van der Waals surface area contributed by atoms with Crippen molar-refractivity contribution in [3.63, 3.8) is 0 Å². The number of aromatic nitrogens is 2. The molecule has 4 aliphatic carbocycles. The fourth-order valence-corrected chi connectivity index (χ4v) is 14.3. The SMILES string of the molecule is CC(C)c1ccccc1C1CCCN1C1CC2(CCN(c3ccc(C(=O)NS(=O)(=O)c4cnc(NCC5CCC(C)(O)CC5)c(N=O)c4)c(N4CCCC5CC(C5)c5nc6c(cc54)C=CC6)c3)CC2)C1. The first kappa shape index (κ1) is 47.2. The summed E-state index contributed by atoms with van der Waals surface area (Å²) in [5.41, 5.74) is 8.70. The fraction of sp³-hybridized carbons (Fsp3) is 0.554. The Bertz CT molecular complexity index is 2780. The number of allylic oxidation sites excluding steroid dienone is 1. The van der Waals surface area contributed by atoms with Crippen LogP contribution in [0.25, 0.3) is 6.08 Å².